The molecular weight excluding hydrogens is 460 g/mol. The number of rotatable bonds is 10. The number of ether oxygens (including phenoxy) is 2. The maximum Gasteiger partial charge on any atom is 0.313 e. The Bertz CT molecular complexity index is 887. The molecule has 0 aromatic rings. The van der Waals surface area contributed by atoms with Crippen molar-refractivity contribution < 1.29 is 29.0 Å². The lowest BCUT2D eigenvalue weighted by Crippen LogP contribution is -2.56. The first-order chi connectivity index (χ1) is 17.4. The first-order valence-corrected chi connectivity index (χ1v) is 13.8. The first-order valence-electron chi connectivity index (χ1n) is 13.8. The van der Waals surface area contributed by atoms with E-state index in [1.165, 1.54) is 0 Å². The monoisotopic (exact) mass is 502 g/mol. The molecule has 8 nitrogen and oxygen atoms in total. The van der Waals surface area contributed by atoms with Crippen LogP contribution in [0, 0.1) is 11.8 Å². The van der Waals surface area contributed by atoms with Crippen LogP contribution in [0.15, 0.2) is 24.3 Å². The first kappa shape index (κ1) is 26.9. The van der Waals surface area contributed by atoms with Gasteiger partial charge in [-0.2, -0.15) is 0 Å². The Balaban J connectivity index is 1.71. The van der Waals surface area contributed by atoms with Crippen molar-refractivity contribution in [3.63, 3.8) is 0 Å². The molecule has 4 rings (SSSR count). The van der Waals surface area contributed by atoms with Crippen LogP contribution in [0.5, 0.6) is 0 Å². The molecule has 0 aromatic carbocycles. The lowest BCUT2D eigenvalue weighted by molar-refractivity contribution is -0.159. The van der Waals surface area contributed by atoms with Gasteiger partial charge in [-0.05, 0) is 39.0 Å². The second-order valence-corrected chi connectivity index (χ2v) is 10.8. The van der Waals surface area contributed by atoms with Gasteiger partial charge in [0.15, 0.2) is 0 Å². The summed E-state index contributed by atoms with van der Waals surface area (Å²) in [5.74, 6) is -2.35. The minimum Gasteiger partial charge on any atom is -0.465 e. The van der Waals surface area contributed by atoms with Crippen molar-refractivity contribution in [3.05, 3.63) is 24.3 Å². The molecule has 4 heterocycles. The van der Waals surface area contributed by atoms with E-state index in [0.29, 0.717) is 26.2 Å². The molecule has 2 amide bonds. The van der Waals surface area contributed by atoms with Gasteiger partial charge >= 0.3 is 5.97 Å². The maximum absolute atomic E-state index is 14.1. The summed E-state index contributed by atoms with van der Waals surface area (Å²) in [5, 5.41) is 9.10. The van der Waals surface area contributed by atoms with Gasteiger partial charge in [-0.15, -0.1) is 0 Å². The molecule has 200 valence electrons. The van der Waals surface area contributed by atoms with Crippen molar-refractivity contribution in [2.75, 3.05) is 32.8 Å². The molecule has 2 saturated heterocycles. The third kappa shape index (κ3) is 4.86. The van der Waals surface area contributed by atoms with Crippen molar-refractivity contribution in [1.82, 2.24) is 9.80 Å². The SMILES string of the molecule is CCCCCN1CC=C[C@]23O[C@]4(C)/C=C\CCCOC(=O)[C@@H]4[C@H]2C(=O)N(CCCCCCO)C3C1=O. The zero-order valence-electron chi connectivity index (χ0n) is 21.8. The van der Waals surface area contributed by atoms with Crippen LogP contribution in [0.4, 0.5) is 0 Å². The fourth-order valence-electron chi connectivity index (χ4n) is 6.42. The number of hydrogen-bond acceptors (Lipinski definition) is 6. The van der Waals surface area contributed by atoms with Gasteiger partial charge in [0.1, 0.15) is 17.6 Å². The Kier molecular flexibility index (Phi) is 8.56. The van der Waals surface area contributed by atoms with Gasteiger partial charge in [0, 0.05) is 26.2 Å². The molecule has 0 radical (unpaired) electrons. The van der Waals surface area contributed by atoms with E-state index in [-0.39, 0.29) is 18.4 Å². The minimum absolute atomic E-state index is 0.102. The highest BCUT2D eigenvalue weighted by molar-refractivity contribution is 5.99. The lowest BCUT2D eigenvalue weighted by atomic mass is 9.74. The number of carbonyl (C=O) groups excluding carboxylic acids is 3. The molecule has 1 unspecified atom stereocenters. The van der Waals surface area contributed by atoms with Crippen LogP contribution >= 0.6 is 0 Å². The molecule has 1 spiro atoms. The molecule has 0 bridgehead atoms. The van der Waals surface area contributed by atoms with Gasteiger partial charge in [-0.1, -0.05) is 56.9 Å². The summed E-state index contributed by atoms with van der Waals surface area (Å²) in [7, 11) is 0. The molecular formula is C28H42N2O6. The minimum atomic E-state index is -1.21. The third-order valence-electron chi connectivity index (χ3n) is 8.17. The Hall–Kier alpha value is -2.19. The highest BCUT2D eigenvalue weighted by Crippen LogP contribution is 2.57. The molecule has 36 heavy (non-hydrogen) atoms. The average Bonchev–Trinajstić information content (AvgIpc) is 3.20. The molecule has 8 heteroatoms. The number of fused-ring (bicyclic) bond motifs is 2. The van der Waals surface area contributed by atoms with E-state index >= 15 is 0 Å². The van der Waals surface area contributed by atoms with E-state index < -0.39 is 35.0 Å². The summed E-state index contributed by atoms with van der Waals surface area (Å²) >= 11 is 0. The fourth-order valence-corrected chi connectivity index (χ4v) is 6.42. The number of aliphatic hydroxyl groups is 1. The van der Waals surface area contributed by atoms with Gasteiger partial charge in [0.2, 0.25) is 11.8 Å². The number of allylic oxidation sites excluding steroid dienone is 1. The Labute approximate surface area is 214 Å². The quantitative estimate of drug-likeness (QED) is 0.280. The van der Waals surface area contributed by atoms with Crippen molar-refractivity contribution in [2.45, 2.75) is 88.9 Å². The number of nitrogens with zero attached hydrogens (tertiary/aromatic N) is 2. The van der Waals surface area contributed by atoms with E-state index in [9.17, 15) is 14.4 Å². The second-order valence-electron chi connectivity index (χ2n) is 10.8. The van der Waals surface area contributed by atoms with E-state index in [1.54, 1.807) is 4.90 Å². The van der Waals surface area contributed by atoms with Crippen molar-refractivity contribution in [1.29, 1.82) is 0 Å². The van der Waals surface area contributed by atoms with Gasteiger partial charge in [-0.3, -0.25) is 14.4 Å². The molecule has 0 aromatic heterocycles. The van der Waals surface area contributed by atoms with E-state index in [2.05, 4.69) is 6.92 Å². The number of hydrogen-bond donors (Lipinski definition) is 1. The maximum atomic E-state index is 14.1. The number of cyclic esters (lactones) is 1. The van der Waals surface area contributed by atoms with Crippen LogP contribution in [0.1, 0.15) is 71.6 Å². The largest absolute Gasteiger partial charge is 0.465 e. The summed E-state index contributed by atoms with van der Waals surface area (Å²) in [6.07, 6.45) is 15.4. The molecule has 1 N–H and O–H groups in total. The van der Waals surface area contributed by atoms with Crippen LogP contribution in [0.3, 0.4) is 0 Å². The number of likely N-dealkylation sites (tertiary alicyclic amines) is 1. The van der Waals surface area contributed by atoms with Crippen molar-refractivity contribution >= 4 is 17.8 Å². The molecule has 4 aliphatic rings. The highest BCUT2D eigenvalue weighted by atomic mass is 16.6. The third-order valence-corrected chi connectivity index (χ3v) is 8.17. The summed E-state index contributed by atoms with van der Waals surface area (Å²) in [6, 6.07) is -0.804. The van der Waals surface area contributed by atoms with Crippen LogP contribution in [0.25, 0.3) is 0 Å². The van der Waals surface area contributed by atoms with Gasteiger partial charge < -0.3 is 24.4 Å². The van der Waals surface area contributed by atoms with E-state index in [1.807, 2.05) is 36.1 Å². The zero-order valence-corrected chi connectivity index (χ0v) is 21.8. The number of esters is 1. The zero-order chi connectivity index (χ0) is 25.8. The summed E-state index contributed by atoms with van der Waals surface area (Å²) < 4.78 is 12.4. The van der Waals surface area contributed by atoms with Gasteiger partial charge in [-0.25, -0.2) is 0 Å². The van der Waals surface area contributed by atoms with Crippen LogP contribution in [-0.4, -0.2) is 82.8 Å². The van der Waals surface area contributed by atoms with Gasteiger partial charge in [0.05, 0.1) is 18.1 Å². The topological polar surface area (TPSA) is 96.4 Å². The molecule has 5 atom stereocenters. The molecule has 2 fully saturated rings. The molecule has 0 aliphatic carbocycles. The number of aliphatic hydroxyl groups excluding tert-OH is 1. The van der Waals surface area contributed by atoms with E-state index in [4.69, 9.17) is 14.6 Å². The summed E-state index contributed by atoms with van der Waals surface area (Å²) in [4.78, 5) is 45.0. The van der Waals surface area contributed by atoms with Crippen LogP contribution in [-0.2, 0) is 23.9 Å². The molecule has 4 aliphatic heterocycles. The number of unbranched alkanes of at least 4 members (excludes halogenated alkanes) is 5. The fraction of sp³-hybridized carbons (Fsp3) is 0.750. The van der Waals surface area contributed by atoms with E-state index in [0.717, 1.165) is 57.8 Å². The highest BCUT2D eigenvalue weighted by Gasteiger charge is 2.74. The number of carbonyl (C=O) groups is 3. The normalized spacial score (nSPS) is 34.9. The van der Waals surface area contributed by atoms with Crippen LogP contribution in [0.2, 0.25) is 0 Å². The Morgan fingerprint density at radius 1 is 0.972 bits per heavy atom. The molecule has 0 saturated carbocycles. The summed E-state index contributed by atoms with van der Waals surface area (Å²) in [5.41, 5.74) is -2.24. The predicted octanol–water partition coefficient (Wildman–Crippen LogP) is 2.99. The van der Waals surface area contributed by atoms with Crippen molar-refractivity contribution in [2.24, 2.45) is 11.8 Å². The lowest BCUT2D eigenvalue weighted by Gasteiger charge is -2.37. The summed E-state index contributed by atoms with van der Waals surface area (Å²) in [6.45, 7) is 5.96. The Morgan fingerprint density at radius 2 is 1.75 bits per heavy atom. The van der Waals surface area contributed by atoms with Crippen molar-refractivity contribution in [3.8, 4) is 0 Å². The van der Waals surface area contributed by atoms with Gasteiger partial charge in [0.25, 0.3) is 0 Å². The van der Waals surface area contributed by atoms with Crippen LogP contribution < -0.4 is 0 Å². The Morgan fingerprint density at radius 3 is 2.53 bits per heavy atom. The number of amides is 2. The smallest absolute Gasteiger partial charge is 0.313 e. The second kappa shape index (κ2) is 11.5. The predicted molar refractivity (Wildman–Crippen MR) is 135 cm³/mol. The average molecular weight is 503 g/mol. The standard InChI is InChI=1S/C28H42N2O6/c1-3-4-9-16-29-17-13-15-28-21(22-26(34)35-20-12-7-8-14-27(22,2)36-28)24(32)30(23(28)25(29)33)18-10-5-6-11-19-31/h8,13-15,21-23,31H,3-7,9-12,16-20H2,1-2H3/b14-8-/t21-,22-,23?,27+,28-/m0/s1.